The number of nitrogens with one attached hydrogen (secondary N) is 1. The van der Waals surface area contributed by atoms with E-state index in [0.29, 0.717) is 22.3 Å². The Morgan fingerprint density at radius 2 is 1.67 bits per heavy atom. The largest absolute Gasteiger partial charge is 0.456 e. The molecule has 0 spiro atoms. The number of hydrogen-bond acceptors (Lipinski definition) is 3. The summed E-state index contributed by atoms with van der Waals surface area (Å²) >= 11 is 5.61. The molecule has 4 rings (SSSR count). The van der Waals surface area contributed by atoms with Crippen molar-refractivity contribution in [1.82, 2.24) is 0 Å². The van der Waals surface area contributed by atoms with Crippen LogP contribution in [0.2, 0.25) is 5.02 Å². The number of hydrogen-bond donors (Lipinski definition) is 1. The molecule has 1 N–H and O–H groups in total. The van der Waals surface area contributed by atoms with E-state index in [2.05, 4.69) is 5.32 Å². The summed E-state index contributed by atoms with van der Waals surface area (Å²) in [6.45, 7) is 3.76. The van der Waals surface area contributed by atoms with E-state index in [0.717, 1.165) is 23.3 Å². The lowest BCUT2D eigenvalue weighted by Crippen LogP contribution is -2.13. The number of fused-ring (bicyclic) bond motifs is 1. The van der Waals surface area contributed by atoms with E-state index in [-0.39, 0.29) is 16.7 Å². The molecule has 0 unspecified atom stereocenters. The molecule has 1 aromatic heterocycles. The Kier molecular flexibility index (Phi) is 5.76. The van der Waals surface area contributed by atoms with E-state index in [1.165, 1.54) is 24.3 Å². The van der Waals surface area contributed by atoms with Gasteiger partial charge in [0.2, 0.25) is 0 Å². The van der Waals surface area contributed by atoms with Gasteiger partial charge >= 0.3 is 6.18 Å². The molecule has 0 aliphatic rings. The van der Waals surface area contributed by atoms with Crippen molar-refractivity contribution in [2.24, 2.45) is 0 Å². The van der Waals surface area contributed by atoms with Crippen LogP contribution in [0.25, 0.3) is 22.3 Å². The summed E-state index contributed by atoms with van der Waals surface area (Å²) in [5, 5.41) is 2.47. The summed E-state index contributed by atoms with van der Waals surface area (Å²) in [7, 11) is 0. The molecule has 0 bridgehead atoms. The standard InChI is InChI=1S/C25H17ClF3NO3/c1-13-9-14(2)23-18(10-13)21(31)12-22(33-23)15-3-5-16(6-4-15)24(32)30-17-7-8-20(26)19(11-17)25(27,28)29/h3-12H,1-2H3,(H,30,32). The van der Waals surface area contributed by atoms with Gasteiger partial charge in [0.15, 0.2) is 5.43 Å². The van der Waals surface area contributed by atoms with E-state index < -0.39 is 22.7 Å². The van der Waals surface area contributed by atoms with Crippen LogP contribution in [0.3, 0.4) is 0 Å². The smallest absolute Gasteiger partial charge is 0.417 e. The van der Waals surface area contributed by atoms with Crippen molar-refractivity contribution in [3.8, 4) is 11.3 Å². The Morgan fingerprint density at radius 3 is 2.33 bits per heavy atom. The summed E-state index contributed by atoms with van der Waals surface area (Å²) < 4.78 is 45.1. The van der Waals surface area contributed by atoms with E-state index in [1.54, 1.807) is 18.2 Å². The molecule has 0 radical (unpaired) electrons. The highest BCUT2D eigenvalue weighted by atomic mass is 35.5. The van der Waals surface area contributed by atoms with Gasteiger partial charge in [-0.15, -0.1) is 0 Å². The lowest BCUT2D eigenvalue weighted by atomic mass is 10.1. The SMILES string of the molecule is Cc1cc(C)c2oc(-c3ccc(C(=O)Nc4ccc(Cl)c(C(F)(F)F)c4)cc3)cc(=O)c2c1. The first-order chi connectivity index (χ1) is 15.5. The molecule has 0 aliphatic carbocycles. The van der Waals surface area contributed by atoms with Crippen molar-refractivity contribution in [1.29, 1.82) is 0 Å². The zero-order chi connectivity index (χ0) is 23.9. The monoisotopic (exact) mass is 471 g/mol. The molecule has 3 aromatic carbocycles. The third-order valence-corrected chi connectivity index (χ3v) is 5.45. The molecule has 0 fully saturated rings. The lowest BCUT2D eigenvalue weighted by molar-refractivity contribution is -0.137. The number of carbonyl (C=O) groups excluding carboxylic acids is 1. The molecule has 1 amide bonds. The third kappa shape index (κ3) is 4.64. The Labute approximate surface area is 191 Å². The summed E-state index contributed by atoms with van der Waals surface area (Å²) in [6, 6.07) is 14.4. The highest BCUT2D eigenvalue weighted by Gasteiger charge is 2.33. The first kappa shape index (κ1) is 22.6. The predicted octanol–water partition coefficient (Wildman–Crippen LogP) is 7.00. The molecule has 0 atom stereocenters. The van der Waals surface area contributed by atoms with Crippen molar-refractivity contribution in [2.45, 2.75) is 20.0 Å². The summed E-state index contributed by atoms with van der Waals surface area (Å²) in [5.74, 6) is -0.248. The first-order valence-corrected chi connectivity index (χ1v) is 10.2. The summed E-state index contributed by atoms with van der Waals surface area (Å²) in [6.07, 6.45) is -4.64. The topological polar surface area (TPSA) is 59.3 Å². The fraction of sp³-hybridized carbons (Fsp3) is 0.120. The second-order valence-corrected chi connectivity index (χ2v) is 8.06. The van der Waals surface area contributed by atoms with Crippen LogP contribution in [-0.2, 0) is 6.18 Å². The summed E-state index contributed by atoms with van der Waals surface area (Å²) in [4.78, 5) is 25.1. The quantitative estimate of drug-likeness (QED) is 0.350. The maximum absolute atomic E-state index is 13.0. The van der Waals surface area contributed by atoms with Crippen molar-refractivity contribution in [3.63, 3.8) is 0 Å². The van der Waals surface area contributed by atoms with E-state index >= 15 is 0 Å². The third-order valence-electron chi connectivity index (χ3n) is 5.12. The second kappa shape index (κ2) is 8.41. The Hall–Kier alpha value is -3.58. The van der Waals surface area contributed by atoms with Crippen LogP contribution in [0.15, 0.2) is 69.9 Å². The van der Waals surface area contributed by atoms with Crippen molar-refractivity contribution in [3.05, 3.63) is 98.2 Å². The fourth-order valence-electron chi connectivity index (χ4n) is 3.56. The number of rotatable bonds is 3. The van der Waals surface area contributed by atoms with Gasteiger partial charge < -0.3 is 9.73 Å². The molecule has 0 aliphatic heterocycles. The number of halogens is 4. The van der Waals surface area contributed by atoms with Crippen LogP contribution < -0.4 is 10.7 Å². The number of carbonyl (C=O) groups is 1. The number of amides is 1. The van der Waals surface area contributed by atoms with Crippen LogP contribution in [0.1, 0.15) is 27.0 Å². The average molecular weight is 472 g/mol. The van der Waals surface area contributed by atoms with Gasteiger partial charge in [0.25, 0.3) is 5.91 Å². The van der Waals surface area contributed by atoms with Crippen LogP contribution in [0.4, 0.5) is 18.9 Å². The van der Waals surface area contributed by atoms with Crippen molar-refractivity contribution < 1.29 is 22.4 Å². The van der Waals surface area contributed by atoms with Crippen molar-refractivity contribution in [2.75, 3.05) is 5.32 Å². The van der Waals surface area contributed by atoms with Gasteiger partial charge in [-0.05, 0) is 61.4 Å². The van der Waals surface area contributed by atoms with Gasteiger partial charge in [0.05, 0.1) is 16.0 Å². The molecule has 4 nitrogen and oxygen atoms in total. The molecular formula is C25H17ClF3NO3. The molecular weight excluding hydrogens is 455 g/mol. The predicted molar refractivity (Wildman–Crippen MR) is 122 cm³/mol. The van der Waals surface area contributed by atoms with Gasteiger partial charge in [0, 0.05) is 22.9 Å². The van der Waals surface area contributed by atoms with Gasteiger partial charge in [0.1, 0.15) is 11.3 Å². The second-order valence-electron chi connectivity index (χ2n) is 7.66. The fourth-order valence-corrected chi connectivity index (χ4v) is 3.79. The molecule has 8 heteroatoms. The number of alkyl halides is 3. The highest BCUT2D eigenvalue weighted by Crippen LogP contribution is 2.36. The van der Waals surface area contributed by atoms with E-state index in [4.69, 9.17) is 16.0 Å². The van der Waals surface area contributed by atoms with Gasteiger partial charge in [-0.1, -0.05) is 29.8 Å². The molecule has 0 saturated carbocycles. The highest BCUT2D eigenvalue weighted by molar-refractivity contribution is 6.31. The minimum Gasteiger partial charge on any atom is -0.456 e. The normalized spacial score (nSPS) is 11.6. The zero-order valence-corrected chi connectivity index (χ0v) is 18.3. The Morgan fingerprint density at radius 1 is 0.970 bits per heavy atom. The molecule has 4 aromatic rings. The van der Waals surface area contributed by atoms with E-state index in [9.17, 15) is 22.8 Å². The van der Waals surface area contributed by atoms with Gasteiger partial charge in [-0.3, -0.25) is 9.59 Å². The number of aryl methyl sites for hydroxylation is 2. The minimum atomic E-state index is -4.64. The number of anilines is 1. The van der Waals surface area contributed by atoms with E-state index in [1.807, 2.05) is 19.9 Å². The lowest BCUT2D eigenvalue weighted by Gasteiger charge is -2.12. The molecule has 1 heterocycles. The van der Waals surface area contributed by atoms with Crippen LogP contribution in [0, 0.1) is 13.8 Å². The maximum atomic E-state index is 13.0. The van der Waals surface area contributed by atoms with Crippen LogP contribution >= 0.6 is 11.6 Å². The van der Waals surface area contributed by atoms with Gasteiger partial charge in [-0.2, -0.15) is 13.2 Å². The van der Waals surface area contributed by atoms with Crippen LogP contribution in [0.5, 0.6) is 0 Å². The molecule has 0 saturated heterocycles. The van der Waals surface area contributed by atoms with Crippen LogP contribution in [-0.4, -0.2) is 5.91 Å². The first-order valence-electron chi connectivity index (χ1n) is 9.86. The molecule has 33 heavy (non-hydrogen) atoms. The Bertz CT molecular complexity index is 1440. The zero-order valence-electron chi connectivity index (χ0n) is 17.5. The minimum absolute atomic E-state index is 0.0351. The molecule has 168 valence electrons. The summed E-state index contributed by atoms with van der Waals surface area (Å²) in [5.41, 5.74) is 1.84. The average Bonchev–Trinajstić information content (AvgIpc) is 2.75. The maximum Gasteiger partial charge on any atom is 0.417 e. The number of benzene rings is 3. The Balaban J connectivity index is 1.60. The van der Waals surface area contributed by atoms with Crippen molar-refractivity contribution >= 4 is 34.2 Å². The van der Waals surface area contributed by atoms with Gasteiger partial charge in [-0.25, -0.2) is 0 Å².